The molecule has 1 aliphatic heterocycles. The maximum atomic E-state index is 13.2. The zero-order valence-electron chi connectivity index (χ0n) is 18.2. The van der Waals surface area contributed by atoms with Gasteiger partial charge in [-0.25, -0.2) is 0 Å². The molecule has 0 spiro atoms. The summed E-state index contributed by atoms with van der Waals surface area (Å²) in [4.78, 5) is 52.1. The molecule has 0 atom stereocenters. The summed E-state index contributed by atoms with van der Waals surface area (Å²) in [5, 5.41) is 8.52. The minimum Gasteiger partial charge on any atom is -0.379 e. The summed E-state index contributed by atoms with van der Waals surface area (Å²) in [6.07, 6.45) is 0.702. The Morgan fingerprint density at radius 2 is 1.58 bits per heavy atom. The molecule has 1 saturated heterocycles. The van der Waals surface area contributed by atoms with Crippen LogP contribution in [0, 0.1) is 0 Å². The van der Waals surface area contributed by atoms with E-state index in [1.807, 2.05) is 0 Å². The monoisotopic (exact) mass is 450 g/mol. The van der Waals surface area contributed by atoms with Crippen LogP contribution < -0.4 is 16.0 Å². The highest BCUT2D eigenvalue weighted by atomic mass is 16.5. The van der Waals surface area contributed by atoms with Crippen LogP contribution in [-0.4, -0.2) is 74.7 Å². The molecule has 33 heavy (non-hydrogen) atoms. The van der Waals surface area contributed by atoms with E-state index >= 15 is 0 Å². The quantitative estimate of drug-likeness (QED) is 0.332. The van der Waals surface area contributed by atoms with Gasteiger partial charge in [-0.3, -0.25) is 24.1 Å². The molecule has 1 heterocycles. The SMILES string of the molecule is O=CNc1cccc2c1C(=O)c1cccc(NC(=O)CCNCCN3CCOCC3)c1C2=O. The smallest absolute Gasteiger partial charge is 0.225 e. The summed E-state index contributed by atoms with van der Waals surface area (Å²) >= 11 is 0. The second-order valence-electron chi connectivity index (χ2n) is 7.88. The first-order valence-corrected chi connectivity index (χ1v) is 11.0. The average molecular weight is 450 g/mol. The van der Waals surface area contributed by atoms with Crippen LogP contribution in [0.2, 0.25) is 0 Å². The third-order valence-electron chi connectivity index (χ3n) is 5.80. The summed E-state index contributed by atoms with van der Waals surface area (Å²) in [7, 11) is 0. The van der Waals surface area contributed by atoms with Crippen molar-refractivity contribution >= 4 is 35.3 Å². The van der Waals surface area contributed by atoms with Crippen molar-refractivity contribution < 1.29 is 23.9 Å². The number of amides is 2. The number of ketones is 2. The van der Waals surface area contributed by atoms with E-state index in [2.05, 4.69) is 20.9 Å². The summed E-state index contributed by atoms with van der Waals surface area (Å²) < 4.78 is 5.33. The highest BCUT2D eigenvalue weighted by Crippen LogP contribution is 2.35. The highest BCUT2D eigenvalue weighted by molar-refractivity contribution is 6.32. The van der Waals surface area contributed by atoms with Crippen molar-refractivity contribution in [3.63, 3.8) is 0 Å². The number of anilines is 2. The van der Waals surface area contributed by atoms with Gasteiger partial charge in [0.1, 0.15) is 0 Å². The van der Waals surface area contributed by atoms with Crippen molar-refractivity contribution in [1.29, 1.82) is 0 Å². The second kappa shape index (κ2) is 10.5. The van der Waals surface area contributed by atoms with Crippen LogP contribution in [0.3, 0.4) is 0 Å². The second-order valence-corrected chi connectivity index (χ2v) is 7.88. The number of nitrogens with zero attached hydrogens (tertiary/aromatic N) is 1. The maximum Gasteiger partial charge on any atom is 0.225 e. The fraction of sp³-hybridized carbons (Fsp3) is 0.333. The Hall–Kier alpha value is -3.40. The molecule has 2 aromatic rings. The minimum atomic E-state index is -0.370. The van der Waals surface area contributed by atoms with Gasteiger partial charge in [-0.1, -0.05) is 24.3 Å². The van der Waals surface area contributed by atoms with Crippen LogP contribution in [0.1, 0.15) is 38.3 Å². The first-order valence-electron chi connectivity index (χ1n) is 11.0. The highest BCUT2D eigenvalue weighted by Gasteiger charge is 2.33. The van der Waals surface area contributed by atoms with E-state index in [0.717, 1.165) is 39.4 Å². The first-order chi connectivity index (χ1) is 16.1. The molecule has 172 valence electrons. The Labute approximate surface area is 191 Å². The normalized spacial score (nSPS) is 15.5. The summed E-state index contributed by atoms with van der Waals surface area (Å²) in [5.74, 6) is -0.983. The topological polar surface area (TPSA) is 117 Å². The lowest BCUT2D eigenvalue weighted by atomic mass is 9.82. The third-order valence-corrected chi connectivity index (χ3v) is 5.80. The molecule has 2 amide bonds. The van der Waals surface area contributed by atoms with Crippen molar-refractivity contribution in [2.45, 2.75) is 6.42 Å². The third kappa shape index (κ3) is 5.00. The van der Waals surface area contributed by atoms with Crippen molar-refractivity contribution in [2.75, 3.05) is 56.6 Å². The van der Waals surface area contributed by atoms with Crippen molar-refractivity contribution in [3.8, 4) is 0 Å². The molecule has 0 aromatic heterocycles. The van der Waals surface area contributed by atoms with E-state index in [1.54, 1.807) is 36.4 Å². The molecular formula is C24H26N4O5. The van der Waals surface area contributed by atoms with Crippen LogP contribution in [-0.2, 0) is 14.3 Å². The molecule has 4 rings (SSSR count). The van der Waals surface area contributed by atoms with Gasteiger partial charge in [0.25, 0.3) is 0 Å². The molecular weight excluding hydrogens is 424 g/mol. The fourth-order valence-electron chi connectivity index (χ4n) is 4.13. The Morgan fingerprint density at radius 1 is 0.939 bits per heavy atom. The van der Waals surface area contributed by atoms with E-state index in [9.17, 15) is 19.2 Å². The lowest BCUT2D eigenvalue weighted by Crippen LogP contribution is -2.40. The van der Waals surface area contributed by atoms with Gasteiger partial charge in [-0.2, -0.15) is 0 Å². The van der Waals surface area contributed by atoms with Gasteiger partial charge in [0, 0.05) is 50.3 Å². The lowest BCUT2D eigenvalue weighted by molar-refractivity contribution is -0.116. The zero-order chi connectivity index (χ0) is 23.2. The van der Waals surface area contributed by atoms with Gasteiger partial charge in [0.15, 0.2) is 11.6 Å². The van der Waals surface area contributed by atoms with E-state index in [1.165, 1.54) is 0 Å². The Balaban J connectivity index is 1.40. The summed E-state index contributed by atoms with van der Waals surface area (Å²) in [6.45, 7) is 5.52. The first kappa shape index (κ1) is 22.8. The minimum absolute atomic E-state index is 0.162. The Bertz CT molecular complexity index is 1080. The van der Waals surface area contributed by atoms with Gasteiger partial charge < -0.3 is 20.7 Å². The van der Waals surface area contributed by atoms with Crippen molar-refractivity contribution in [1.82, 2.24) is 10.2 Å². The number of carbonyl (C=O) groups is 4. The molecule has 3 N–H and O–H groups in total. The number of hydrogen-bond acceptors (Lipinski definition) is 7. The Morgan fingerprint density at radius 3 is 2.24 bits per heavy atom. The van der Waals surface area contributed by atoms with Crippen LogP contribution in [0.25, 0.3) is 0 Å². The number of benzene rings is 2. The molecule has 9 nitrogen and oxygen atoms in total. The number of rotatable bonds is 9. The molecule has 0 unspecified atom stereocenters. The summed E-state index contributed by atoms with van der Waals surface area (Å²) in [5.41, 5.74) is 1.33. The number of hydrogen-bond donors (Lipinski definition) is 3. The molecule has 0 radical (unpaired) electrons. The largest absolute Gasteiger partial charge is 0.379 e. The fourth-order valence-corrected chi connectivity index (χ4v) is 4.13. The van der Waals surface area contributed by atoms with Crippen LogP contribution in [0.4, 0.5) is 11.4 Å². The molecule has 0 bridgehead atoms. The molecule has 0 saturated carbocycles. The Kier molecular flexibility index (Phi) is 7.23. The van der Waals surface area contributed by atoms with Gasteiger partial charge >= 0.3 is 0 Å². The van der Waals surface area contributed by atoms with Gasteiger partial charge in [-0.15, -0.1) is 0 Å². The molecule has 9 heteroatoms. The lowest BCUT2D eigenvalue weighted by Gasteiger charge is -2.26. The van der Waals surface area contributed by atoms with Gasteiger partial charge in [0.05, 0.1) is 35.7 Å². The number of carbonyl (C=O) groups excluding carboxylic acids is 4. The molecule has 1 aliphatic carbocycles. The predicted molar refractivity (Wildman–Crippen MR) is 123 cm³/mol. The maximum absolute atomic E-state index is 13.2. The van der Waals surface area contributed by atoms with Gasteiger partial charge in [-0.05, 0) is 12.1 Å². The predicted octanol–water partition coefficient (Wildman–Crippen LogP) is 1.28. The van der Waals surface area contributed by atoms with Crippen molar-refractivity contribution in [3.05, 3.63) is 58.7 Å². The van der Waals surface area contributed by atoms with Crippen LogP contribution in [0.5, 0.6) is 0 Å². The van der Waals surface area contributed by atoms with Gasteiger partial charge in [0.2, 0.25) is 12.3 Å². The van der Waals surface area contributed by atoms with Crippen LogP contribution >= 0.6 is 0 Å². The molecule has 2 aromatic carbocycles. The van der Waals surface area contributed by atoms with E-state index in [0.29, 0.717) is 18.6 Å². The standard InChI is InChI=1S/C24H26N4O5/c29-15-26-18-5-1-3-16-21(18)23(31)17-4-2-6-19(22(17)24(16)32)27-20(30)7-8-25-9-10-28-11-13-33-14-12-28/h1-6,15,25H,7-14H2,(H,26,29)(H,27,30). The van der Waals surface area contributed by atoms with Crippen molar-refractivity contribution in [2.24, 2.45) is 0 Å². The van der Waals surface area contributed by atoms with Crippen LogP contribution in [0.15, 0.2) is 36.4 Å². The summed E-state index contributed by atoms with van der Waals surface area (Å²) in [6, 6.07) is 9.52. The number of nitrogens with one attached hydrogen (secondary N) is 3. The molecule has 1 fully saturated rings. The van der Waals surface area contributed by atoms with E-state index in [4.69, 9.17) is 4.74 Å². The number of fused-ring (bicyclic) bond motifs is 2. The van der Waals surface area contributed by atoms with E-state index < -0.39 is 0 Å². The number of ether oxygens (including phenoxy) is 1. The van der Waals surface area contributed by atoms with E-state index in [-0.39, 0.29) is 51.8 Å². The molecule has 2 aliphatic rings. The average Bonchev–Trinajstić information content (AvgIpc) is 2.83. The number of morpholine rings is 1. The zero-order valence-corrected chi connectivity index (χ0v) is 18.2.